The van der Waals surface area contributed by atoms with E-state index in [0.29, 0.717) is 18.1 Å². The van der Waals surface area contributed by atoms with Crippen LogP contribution < -0.4 is 0 Å². The normalized spacial score (nSPS) is 21.9. The molecule has 1 aliphatic heterocycles. The van der Waals surface area contributed by atoms with Crippen LogP contribution in [0, 0.1) is 5.92 Å². The molecule has 1 atom stereocenters. The highest BCUT2D eigenvalue weighted by Crippen LogP contribution is 2.19. The highest BCUT2D eigenvalue weighted by Gasteiger charge is 2.19. The Morgan fingerprint density at radius 1 is 1.33 bits per heavy atom. The van der Waals surface area contributed by atoms with Crippen molar-refractivity contribution in [1.82, 2.24) is 0 Å². The first-order chi connectivity index (χ1) is 7.26. The number of ether oxygens (including phenoxy) is 1. The SMILES string of the molecule is CCC(CC)CC(=O)CC1CCCCO1. The number of carbonyl (C=O) groups excluding carboxylic acids is 1. The van der Waals surface area contributed by atoms with Crippen LogP contribution in [0.25, 0.3) is 0 Å². The van der Waals surface area contributed by atoms with Gasteiger partial charge in [-0.25, -0.2) is 0 Å². The van der Waals surface area contributed by atoms with Gasteiger partial charge in [0.05, 0.1) is 6.10 Å². The molecule has 0 bridgehead atoms. The van der Waals surface area contributed by atoms with E-state index >= 15 is 0 Å². The zero-order valence-electron chi connectivity index (χ0n) is 10.1. The maximum atomic E-state index is 11.8. The molecule has 0 aliphatic carbocycles. The Bertz CT molecular complexity index is 179. The van der Waals surface area contributed by atoms with E-state index in [1.165, 1.54) is 6.42 Å². The van der Waals surface area contributed by atoms with Crippen LogP contribution >= 0.6 is 0 Å². The molecule has 88 valence electrons. The van der Waals surface area contributed by atoms with Gasteiger partial charge >= 0.3 is 0 Å². The van der Waals surface area contributed by atoms with Crippen LogP contribution in [0.15, 0.2) is 0 Å². The summed E-state index contributed by atoms with van der Waals surface area (Å²) in [6.45, 7) is 5.18. The molecule has 0 radical (unpaired) electrons. The van der Waals surface area contributed by atoms with Gasteiger partial charge in [-0.2, -0.15) is 0 Å². The molecule has 0 spiro atoms. The van der Waals surface area contributed by atoms with Crippen LogP contribution in [-0.4, -0.2) is 18.5 Å². The fourth-order valence-corrected chi connectivity index (χ4v) is 2.20. The third kappa shape index (κ3) is 4.78. The number of ketones is 1. The molecule has 0 N–H and O–H groups in total. The molecule has 2 heteroatoms. The summed E-state index contributed by atoms with van der Waals surface area (Å²) in [5.41, 5.74) is 0. The summed E-state index contributed by atoms with van der Waals surface area (Å²) in [7, 11) is 0. The molecule has 1 unspecified atom stereocenters. The van der Waals surface area contributed by atoms with Gasteiger partial charge in [0.2, 0.25) is 0 Å². The zero-order chi connectivity index (χ0) is 11.1. The van der Waals surface area contributed by atoms with Gasteiger partial charge < -0.3 is 4.74 Å². The molecule has 0 saturated carbocycles. The van der Waals surface area contributed by atoms with Gasteiger partial charge in [0, 0.05) is 19.4 Å². The van der Waals surface area contributed by atoms with Crippen LogP contribution in [0.3, 0.4) is 0 Å². The van der Waals surface area contributed by atoms with Crippen molar-refractivity contribution in [2.24, 2.45) is 5.92 Å². The van der Waals surface area contributed by atoms with Crippen LogP contribution in [0.4, 0.5) is 0 Å². The van der Waals surface area contributed by atoms with E-state index in [1.54, 1.807) is 0 Å². The van der Waals surface area contributed by atoms with E-state index in [1.807, 2.05) is 0 Å². The molecule has 1 saturated heterocycles. The summed E-state index contributed by atoms with van der Waals surface area (Å²) in [5.74, 6) is 0.983. The Balaban J connectivity index is 2.21. The molecule has 15 heavy (non-hydrogen) atoms. The number of Topliss-reactive ketones (excluding diaryl/α,β-unsaturated/α-hetero) is 1. The monoisotopic (exact) mass is 212 g/mol. The van der Waals surface area contributed by atoms with E-state index in [4.69, 9.17) is 4.74 Å². The van der Waals surface area contributed by atoms with Crippen molar-refractivity contribution >= 4 is 5.78 Å². The van der Waals surface area contributed by atoms with Gasteiger partial charge in [-0.1, -0.05) is 26.7 Å². The third-order valence-corrected chi connectivity index (χ3v) is 3.40. The average Bonchev–Trinajstić information content (AvgIpc) is 2.27. The van der Waals surface area contributed by atoms with Crippen molar-refractivity contribution in [3.63, 3.8) is 0 Å². The Morgan fingerprint density at radius 3 is 2.60 bits per heavy atom. The van der Waals surface area contributed by atoms with Crippen LogP contribution in [-0.2, 0) is 9.53 Å². The lowest BCUT2D eigenvalue weighted by molar-refractivity contribution is -0.123. The molecule has 0 aromatic carbocycles. The van der Waals surface area contributed by atoms with E-state index in [2.05, 4.69) is 13.8 Å². The van der Waals surface area contributed by atoms with Gasteiger partial charge in [0.1, 0.15) is 5.78 Å². The first kappa shape index (κ1) is 12.7. The Labute approximate surface area is 93.4 Å². The lowest BCUT2D eigenvalue weighted by Gasteiger charge is -2.22. The van der Waals surface area contributed by atoms with Crippen LogP contribution in [0.1, 0.15) is 58.8 Å². The van der Waals surface area contributed by atoms with Gasteiger partial charge in [0.25, 0.3) is 0 Å². The first-order valence-electron chi connectivity index (χ1n) is 6.39. The predicted octanol–water partition coefficient (Wildman–Crippen LogP) is 3.34. The van der Waals surface area contributed by atoms with Crippen molar-refractivity contribution in [2.45, 2.75) is 64.9 Å². The minimum absolute atomic E-state index is 0.223. The highest BCUT2D eigenvalue weighted by molar-refractivity contribution is 5.79. The van der Waals surface area contributed by atoms with E-state index in [0.717, 1.165) is 38.7 Å². The van der Waals surface area contributed by atoms with Gasteiger partial charge in [-0.3, -0.25) is 4.79 Å². The van der Waals surface area contributed by atoms with Crippen LogP contribution in [0.5, 0.6) is 0 Å². The molecule has 0 aromatic heterocycles. The summed E-state index contributed by atoms with van der Waals surface area (Å²) in [6.07, 6.45) is 7.33. The lowest BCUT2D eigenvalue weighted by atomic mass is 9.93. The smallest absolute Gasteiger partial charge is 0.135 e. The van der Waals surface area contributed by atoms with E-state index in [9.17, 15) is 4.79 Å². The first-order valence-corrected chi connectivity index (χ1v) is 6.39. The fourth-order valence-electron chi connectivity index (χ4n) is 2.20. The summed E-state index contributed by atoms with van der Waals surface area (Å²) in [5, 5.41) is 0. The molecular weight excluding hydrogens is 188 g/mol. The Hall–Kier alpha value is -0.370. The van der Waals surface area contributed by atoms with E-state index in [-0.39, 0.29) is 6.10 Å². The highest BCUT2D eigenvalue weighted by atomic mass is 16.5. The molecule has 1 rings (SSSR count). The molecule has 1 aliphatic rings. The third-order valence-electron chi connectivity index (χ3n) is 3.40. The summed E-state index contributed by atoms with van der Waals surface area (Å²) in [4.78, 5) is 11.8. The summed E-state index contributed by atoms with van der Waals surface area (Å²) in [6, 6.07) is 0. The summed E-state index contributed by atoms with van der Waals surface area (Å²) >= 11 is 0. The predicted molar refractivity (Wildman–Crippen MR) is 61.9 cm³/mol. The quantitative estimate of drug-likeness (QED) is 0.675. The van der Waals surface area contributed by atoms with Gasteiger partial charge in [0.15, 0.2) is 0 Å². The van der Waals surface area contributed by atoms with Crippen molar-refractivity contribution < 1.29 is 9.53 Å². The van der Waals surface area contributed by atoms with Crippen LogP contribution in [0.2, 0.25) is 0 Å². The van der Waals surface area contributed by atoms with Crippen molar-refractivity contribution in [3.05, 3.63) is 0 Å². The maximum absolute atomic E-state index is 11.8. The Morgan fingerprint density at radius 2 is 2.07 bits per heavy atom. The van der Waals surface area contributed by atoms with E-state index < -0.39 is 0 Å². The van der Waals surface area contributed by atoms with Gasteiger partial charge in [-0.05, 0) is 25.2 Å². The summed E-state index contributed by atoms with van der Waals surface area (Å²) < 4.78 is 5.58. The average molecular weight is 212 g/mol. The maximum Gasteiger partial charge on any atom is 0.135 e. The minimum atomic E-state index is 0.223. The number of hydrogen-bond donors (Lipinski definition) is 0. The number of rotatable bonds is 6. The second-order valence-electron chi connectivity index (χ2n) is 4.62. The Kier molecular flexibility index (Phi) is 5.92. The van der Waals surface area contributed by atoms with Crippen molar-refractivity contribution in [1.29, 1.82) is 0 Å². The molecule has 2 nitrogen and oxygen atoms in total. The van der Waals surface area contributed by atoms with Gasteiger partial charge in [-0.15, -0.1) is 0 Å². The van der Waals surface area contributed by atoms with Crippen molar-refractivity contribution in [3.8, 4) is 0 Å². The molecule has 0 amide bonds. The second kappa shape index (κ2) is 7.00. The minimum Gasteiger partial charge on any atom is -0.378 e. The zero-order valence-corrected chi connectivity index (χ0v) is 10.1. The number of carbonyl (C=O) groups is 1. The lowest BCUT2D eigenvalue weighted by Crippen LogP contribution is -2.23. The molecule has 0 aromatic rings. The largest absolute Gasteiger partial charge is 0.378 e. The molecule has 1 fully saturated rings. The number of hydrogen-bond acceptors (Lipinski definition) is 2. The van der Waals surface area contributed by atoms with Crippen molar-refractivity contribution in [2.75, 3.05) is 6.61 Å². The second-order valence-corrected chi connectivity index (χ2v) is 4.62. The molecular formula is C13H24O2. The molecule has 1 heterocycles. The topological polar surface area (TPSA) is 26.3 Å². The fraction of sp³-hybridized carbons (Fsp3) is 0.923. The standard InChI is InChI=1S/C13H24O2/c1-3-11(4-2)9-12(14)10-13-7-5-6-8-15-13/h11,13H,3-10H2,1-2H3.